The number of esters is 1. The topological polar surface area (TPSA) is 95.9 Å². The van der Waals surface area contributed by atoms with Gasteiger partial charge in [-0.15, -0.1) is 0 Å². The number of nitrogens with one attached hydrogen (secondary N) is 1. The van der Waals surface area contributed by atoms with Gasteiger partial charge >= 0.3 is 5.97 Å². The fourth-order valence-electron chi connectivity index (χ4n) is 11.1. The first-order chi connectivity index (χ1) is 39.5. The van der Waals surface area contributed by atoms with Gasteiger partial charge in [0.25, 0.3) is 0 Å². The summed E-state index contributed by atoms with van der Waals surface area (Å²) in [5.74, 6) is -0.0588. The molecule has 2 unspecified atom stereocenters. The van der Waals surface area contributed by atoms with E-state index in [1.165, 1.54) is 308 Å². The highest BCUT2D eigenvalue weighted by atomic mass is 16.5. The van der Waals surface area contributed by atoms with Gasteiger partial charge in [-0.2, -0.15) is 0 Å². The molecule has 3 N–H and O–H groups in total. The van der Waals surface area contributed by atoms with E-state index < -0.39 is 12.1 Å². The Hall–Kier alpha value is -2.18. The highest BCUT2D eigenvalue weighted by molar-refractivity contribution is 5.76. The number of rotatable bonds is 67. The van der Waals surface area contributed by atoms with Crippen LogP contribution in [0.4, 0.5) is 0 Å². The van der Waals surface area contributed by atoms with Crippen molar-refractivity contribution in [1.29, 1.82) is 0 Å². The second-order valence-electron chi connectivity index (χ2n) is 24.6. The predicted octanol–water partition coefficient (Wildman–Crippen LogP) is 23.3. The van der Waals surface area contributed by atoms with Crippen molar-refractivity contribution < 1.29 is 24.5 Å². The normalized spacial score (nSPS) is 12.8. The molecule has 0 fully saturated rings. The van der Waals surface area contributed by atoms with Crippen LogP contribution in [-0.2, 0) is 14.3 Å². The van der Waals surface area contributed by atoms with E-state index in [1.54, 1.807) is 6.08 Å². The van der Waals surface area contributed by atoms with Gasteiger partial charge in [-0.25, -0.2) is 0 Å². The smallest absolute Gasteiger partial charge is 0.305 e. The molecule has 0 saturated carbocycles. The van der Waals surface area contributed by atoms with Crippen LogP contribution >= 0.6 is 0 Å². The first-order valence-corrected chi connectivity index (χ1v) is 35.9. The summed E-state index contributed by atoms with van der Waals surface area (Å²) in [6.07, 6.45) is 90.4. The Labute approximate surface area is 499 Å². The predicted molar refractivity (Wildman–Crippen MR) is 352 cm³/mol. The molecule has 470 valence electrons. The van der Waals surface area contributed by atoms with Crippen LogP contribution in [0.1, 0.15) is 386 Å². The Bertz CT molecular complexity index is 1340. The van der Waals surface area contributed by atoms with Gasteiger partial charge in [0.15, 0.2) is 0 Å². The van der Waals surface area contributed by atoms with Gasteiger partial charge in [-0.05, 0) is 89.9 Å². The molecule has 0 saturated heterocycles. The summed E-state index contributed by atoms with van der Waals surface area (Å²) in [7, 11) is 0. The Morgan fingerprint density at radius 2 is 0.625 bits per heavy atom. The largest absolute Gasteiger partial charge is 0.466 e. The Kier molecular flexibility index (Phi) is 67.4. The molecule has 80 heavy (non-hydrogen) atoms. The molecular weight excluding hydrogens is 983 g/mol. The molecule has 0 bridgehead atoms. The zero-order valence-corrected chi connectivity index (χ0v) is 53.8. The number of hydrogen-bond acceptors (Lipinski definition) is 5. The molecule has 2 atom stereocenters. The summed E-state index contributed by atoms with van der Waals surface area (Å²) in [4.78, 5) is 24.6. The molecule has 0 aromatic heterocycles. The number of carbonyl (C=O) groups is 2. The molecular formula is C74H139NO5. The van der Waals surface area contributed by atoms with Crippen molar-refractivity contribution in [1.82, 2.24) is 5.32 Å². The molecule has 0 aliphatic carbocycles. The van der Waals surface area contributed by atoms with Gasteiger partial charge in [0.05, 0.1) is 25.4 Å². The minimum Gasteiger partial charge on any atom is -0.466 e. The Balaban J connectivity index is 3.41. The Morgan fingerprint density at radius 1 is 0.350 bits per heavy atom. The number of unbranched alkanes of at least 4 members (excludes halogenated alkanes) is 50. The minimum atomic E-state index is -0.846. The number of aliphatic hydroxyl groups is 2. The first-order valence-electron chi connectivity index (χ1n) is 35.9. The molecule has 0 aliphatic rings. The van der Waals surface area contributed by atoms with Crippen molar-refractivity contribution in [3.05, 3.63) is 48.6 Å². The van der Waals surface area contributed by atoms with E-state index in [0.29, 0.717) is 19.4 Å². The summed E-state index contributed by atoms with van der Waals surface area (Å²) >= 11 is 0. The van der Waals surface area contributed by atoms with Gasteiger partial charge in [-0.1, -0.05) is 332 Å². The zero-order valence-electron chi connectivity index (χ0n) is 53.8. The second-order valence-corrected chi connectivity index (χ2v) is 24.6. The van der Waals surface area contributed by atoms with Gasteiger partial charge in [-0.3, -0.25) is 9.59 Å². The number of allylic oxidation sites excluding steroid dienone is 7. The molecule has 0 aromatic rings. The average Bonchev–Trinajstić information content (AvgIpc) is 3.46. The zero-order chi connectivity index (χ0) is 57.8. The lowest BCUT2D eigenvalue weighted by molar-refractivity contribution is -0.143. The summed E-state index contributed by atoms with van der Waals surface area (Å²) in [6.45, 7) is 4.90. The number of ether oxygens (including phenoxy) is 1. The van der Waals surface area contributed by atoms with Crippen molar-refractivity contribution in [3.8, 4) is 0 Å². The van der Waals surface area contributed by atoms with E-state index in [1.807, 2.05) is 6.08 Å². The third-order valence-electron chi connectivity index (χ3n) is 16.6. The molecule has 1 amide bonds. The molecule has 0 rings (SSSR count). The minimum absolute atomic E-state index is 0.00717. The fraction of sp³-hybridized carbons (Fsp3) is 0.865. The summed E-state index contributed by atoms with van der Waals surface area (Å²) < 4.78 is 5.50. The van der Waals surface area contributed by atoms with Crippen molar-refractivity contribution >= 4 is 11.9 Å². The van der Waals surface area contributed by atoms with E-state index in [0.717, 1.165) is 51.4 Å². The van der Waals surface area contributed by atoms with E-state index in [9.17, 15) is 19.8 Å². The van der Waals surface area contributed by atoms with Crippen molar-refractivity contribution in [2.45, 2.75) is 398 Å². The molecule has 6 heteroatoms. The Morgan fingerprint density at radius 3 is 0.988 bits per heavy atom. The number of aliphatic hydroxyl groups excluding tert-OH is 2. The highest BCUT2D eigenvalue weighted by Crippen LogP contribution is 2.18. The maximum Gasteiger partial charge on any atom is 0.305 e. The number of hydrogen-bond donors (Lipinski definition) is 3. The summed E-state index contributed by atoms with van der Waals surface area (Å²) in [5, 5.41) is 23.2. The van der Waals surface area contributed by atoms with Gasteiger partial charge in [0.2, 0.25) is 5.91 Å². The van der Waals surface area contributed by atoms with Crippen LogP contribution in [0.3, 0.4) is 0 Å². The molecule has 0 aromatic carbocycles. The SMILES string of the molecule is CCCCC/C=C\C/C=C\CCCCCCCCCC(=O)OCCCCCCCCCCCCCC/C=C\CCCCCCCCCCCCCC(=O)NC(CO)C(O)/C=C/CCCCCCCCCCCCCCCCCCC. The number of carbonyl (C=O) groups excluding carboxylic acids is 2. The van der Waals surface area contributed by atoms with Crippen molar-refractivity contribution in [3.63, 3.8) is 0 Å². The molecule has 0 aliphatic heterocycles. The lowest BCUT2D eigenvalue weighted by Gasteiger charge is -2.20. The van der Waals surface area contributed by atoms with E-state index in [4.69, 9.17) is 4.74 Å². The quantitative estimate of drug-likeness (QED) is 0.0320. The molecule has 0 heterocycles. The third-order valence-corrected chi connectivity index (χ3v) is 16.6. The maximum atomic E-state index is 12.5. The molecule has 0 spiro atoms. The standard InChI is InChI=1S/C74H139NO5/c1-3-5-7-9-11-13-15-17-19-21-31-35-38-42-46-50-54-58-62-66-72(77)71(70-76)75-73(78)67-63-59-55-51-47-43-39-36-32-29-27-25-23-22-24-26-28-30-33-37-41-45-49-53-57-61-65-69-80-74(79)68-64-60-56-52-48-44-40-34-20-18-16-14-12-10-8-6-4-2/h12,14,18,20,22-23,62,66,71-72,76-77H,3-11,13,15-17,19,21,24-61,63-65,67-70H2,1-2H3,(H,75,78)/b14-12-,20-18-,23-22-,66-62+. The van der Waals surface area contributed by atoms with Crippen LogP contribution in [0.5, 0.6) is 0 Å². The maximum absolute atomic E-state index is 12.5. The summed E-state index contributed by atoms with van der Waals surface area (Å²) in [5.41, 5.74) is 0. The van der Waals surface area contributed by atoms with E-state index in [2.05, 4.69) is 55.6 Å². The van der Waals surface area contributed by atoms with E-state index >= 15 is 0 Å². The second kappa shape index (κ2) is 69.3. The highest BCUT2D eigenvalue weighted by Gasteiger charge is 2.18. The van der Waals surface area contributed by atoms with E-state index in [-0.39, 0.29) is 18.5 Å². The fourth-order valence-corrected chi connectivity index (χ4v) is 11.1. The molecule has 6 nitrogen and oxygen atoms in total. The van der Waals surface area contributed by atoms with Crippen LogP contribution in [0.15, 0.2) is 48.6 Å². The number of amides is 1. The lowest BCUT2D eigenvalue weighted by Crippen LogP contribution is -2.45. The van der Waals surface area contributed by atoms with Crippen LogP contribution in [-0.4, -0.2) is 47.4 Å². The van der Waals surface area contributed by atoms with Gasteiger partial charge in [0, 0.05) is 12.8 Å². The monoisotopic (exact) mass is 1120 g/mol. The third kappa shape index (κ3) is 65.0. The van der Waals surface area contributed by atoms with Crippen LogP contribution in [0, 0.1) is 0 Å². The van der Waals surface area contributed by atoms with Crippen LogP contribution in [0.2, 0.25) is 0 Å². The van der Waals surface area contributed by atoms with Gasteiger partial charge in [0.1, 0.15) is 0 Å². The molecule has 0 radical (unpaired) electrons. The lowest BCUT2D eigenvalue weighted by atomic mass is 10.0. The van der Waals surface area contributed by atoms with Crippen molar-refractivity contribution in [2.75, 3.05) is 13.2 Å². The summed E-state index contributed by atoms with van der Waals surface area (Å²) in [6, 6.07) is -0.630. The average molecular weight is 1120 g/mol. The van der Waals surface area contributed by atoms with Crippen LogP contribution < -0.4 is 5.32 Å². The first kappa shape index (κ1) is 77.8. The van der Waals surface area contributed by atoms with Gasteiger partial charge < -0.3 is 20.3 Å². The van der Waals surface area contributed by atoms with Crippen LogP contribution in [0.25, 0.3) is 0 Å². The van der Waals surface area contributed by atoms with Crippen molar-refractivity contribution in [2.24, 2.45) is 0 Å².